The Labute approximate surface area is 117 Å². The van der Waals surface area contributed by atoms with Crippen LogP contribution in [0.2, 0.25) is 0 Å². The Hall–Kier alpha value is -1.06. The van der Waals surface area contributed by atoms with Gasteiger partial charge in [-0.05, 0) is 50.0 Å². The molecule has 0 aliphatic heterocycles. The Bertz CT molecular complexity index is 377. The fraction of sp³-hybridized carbons (Fsp3) is 0.625. The molecule has 0 saturated heterocycles. The number of methoxy groups -OCH3 is 1. The number of benzene rings is 1. The van der Waals surface area contributed by atoms with Gasteiger partial charge in [0.2, 0.25) is 0 Å². The van der Waals surface area contributed by atoms with E-state index in [0.29, 0.717) is 0 Å². The van der Waals surface area contributed by atoms with Gasteiger partial charge in [0.05, 0.1) is 7.11 Å². The zero-order valence-corrected chi connectivity index (χ0v) is 12.8. The summed E-state index contributed by atoms with van der Waals surface area (Å²) >= 11 is 0. The average molecular weight is 264 g/mol. The number of likely N-dealkylation sites (N-methyl/N-ethyl adjacent to an activating group) is 1. The third-order valence-electron chi connectivity index (χ3n) is 3.68. The van der Waals surface area contributed by atoms with Crippen LogP contribution in [0.25, 0.3) is 0 Å². The SMILES string of the molecule is COc1ccccc1CCN(C)CCC(C)(C)CN. The van der Waals surface area contributed by atoms with Crippen molar-refractivity contribution in [2.24, 2.45) is 11.1 Å². The van der Waals surface area contributed by atoms with Gasteiger partial charge in [-0.1, -0.05) is 32.0 Å². The zero-order chi connectivity index (χ0) is 14.3. The van der Waals surface area contributed by atoms with Crippen LogP contribution in [-0.2, 0) is 6.42 Å². The molecule has 0 aliphatic carbocycles. The van der Waals surface area contributed by atoms with Crippen molar-refractivity contribution in [3.63, 3.8) is 0 Å². The highest BCUT2D eigenvalue weighted by atomic mass is 16.5. The van der Waals surface area contributed by atoms with E-state index in [1.807, 2.05) is 12.1 Å². The maximum atomic E-state index is 5.76. The summed E-state index contributed by atoms with van der Waals surface area (Å²) in [5, 5.41) is 0. The summed E-state index contributed by atoms with van der Waals surface area (Å²) in [6.07, 6.45) is 2.15. The van der Waals surface area contributed by atoms with Gasteiger partial charge in [-0.3, -0.25) is 0 Å². The van der Waals surface area contributed by atoms with Gasteiger partial charge in [-0.2, -0.15) is 0 Å². The molecule has 1 aromatic rings. The summed E-state index contributed by atoms with van der Waals surface area (Å²) < 4.78 is 5.37. The van der Waals surface area contributed by atoms with Gasteiger partial charge in [0.15, 0.2) is 0 Å². The molecule has 0 aliphatic rings. The van der Waals surface area contributed by atoms with E-state index in [9.17, 15) is 0 Å². The van der Waals surface area contributed by atoms with Crippen molar-refractivity contribution in [1.82, 2.24) is 4.90 Å². The van der Waals surface area contributed by atoms with Gasteiger partial charge >= 0.3 is 0 Å². The van der Waals surface area contributed by atoms with Crippen molar-refractivity contribution in [2.45, 2.75) is 26.7 Å². The third-order valence-corrected chi connectivity index (χ3v) is 3.68. The van der Waals surface area contributed by atoms with Crippen LogP contribution in [0.5, 0.6) is 5.75 Å². The molecule has 0 unspecified atom stereocenters. The molecule has 0 saturated carbocycles. The highest BCUT2D eigenvalue weighted by Crippen LogP contribution is 2.20. The molecule has 1 aromatic carbocycles. The summed E-state index contributed by atoms with van der Waals surface area (Å²) in [6, 6.07) is 8.23. The van der Waals surface area contributed by atoms with Crippen LogP contribution >= 0.6 is 0 Å². The molecule has 0 fully saturated rings. The maximum absolute atomic E-state index is 5.76. The molecule has 3 heteroatoms. The van der Waals surface area contributed by atoms with E-state index in [4.69, 9.17) is 10.5 Å². The number of hydrogen-bond acceptors (Lipinski definition) is 3. The first-order chi connectivity index (χ1) is 8.98. The molecule has 0 bridgehead atoms. The second kappa shape index (κ2) is 7.51. The average Bonchev–Trinajstić information content (AvgIpc) is 2.43. The monoisotopic (exact) mass is 264 g/mol. The number of hydrogen-bond donors (Lipinski definition) is 1. The zero-order valence-electron chi connectivity index (χ0n) is 12.8. The van der Waals surface area contributed by atoms with Crippen molar-refractivity contribution in [3.05, 3.63) is 29.8 Å². The van der Waals surface area contributed by atoms with Crippen LogP contribution in [0.4, 0.5) is 0 Å². The normalized spacial score (nSPS) is 11.9. The summed E-state index contributed by atoms with van der Waals surface area (Å²) in [5.41, 5.74) is 7.27. The van der Waals surface area contributed by atoms with Gasteiger partial charge in [0.25, 0.3) is 0 Å². The lowest BCUT2D eigenvalue weighted by atomic mass is 9.89. The second-order valence-electron chi connectivity index (χ2n) is 5.98. The van der Waals surface area contributed by atoms with E-state index in [1.165, 1.54) is 5.56 Å². The topological polar surface area (TPSA) is 38.5 Å². The standard InChI is InChI=1S/C16H28N2O/c1-16(2,13-17)10-12-18(3)11-9-14-7-5-6-8-15(14)19-4/h5-8H,9-13,17H2,1-4H3. The van der Waals surface area contributed by atoms with Crippen LogP contribution in [0.3, 0.4) is 0 Å². The molecule has 0 radical (unpaired) electrons. The molecular formula is C16H28N2O. The number of rotatable bonds is 8. The molecule has 19 heavy (non-hydrogen) atoms. The van der Waals surface area contributed by atoms with E-state index >= 15 is 0 Å². The molecule has 0 spiro atoms. The molecular weight excluding hydrogens is 236 g/mol. The Morgan fingerprint density at radius 3 is 2.53 bits per heavy atom. The fourth-order valence-electron chi connectivity index (χ4n) is 1.93. The van der Waals surface area contributed by atoms with Gasteiger partial charge in [-0.25, -0.2) is 0 Å². The molecule has 2 N–H and O–H groups in total. The highest BCUT2D eigenvalue weighted by Gasteiger charge is 2.16. The van der Waals surface area contributed by atoms with Crippen molar-refractivity contribution < 1.29 is 4.74 Å². The molecule has 108 valence electrons. The van der Waals surface area contributed by atoms with Crippen LogP contribution < -0.4 is 10.5 Å². The highest BCUT2D eigenvalue weighted by molar-refractivity contribution is 5.33. The Kier molecular flexibility index (Phi) is 6.32. The smallest absolute Gasteiger partial charge is 0.122 e. The number of nitrogens with zero attached hydrogens (tertiary/aromatic N) is 1. The van der Waals surface area contributed by atoms with Crippen LogP contribution in [0.1, 0.15) is 25.8 Å². The van der Waals surface area contributed by atoms with Crippen LogP contribution in [0.15, 0.2) is 24.3 Å². The van der Waals surface area contributed by atoms with E-state index in [1.54, 1.807) is 7.11 Å². The second-order valence-corrected chi connectivity index (χ2v) is 5.98. The lowest BCUT2D eigenvalue weighted by Gasteiger charge is -2.26. The number of para-hydroxylation sites is 1. The van der Waals surface area contributed by atoms with Crippen LogP contribution in [-0.4, -0.2) is 38.7 Å². The van der Waals surface area contributed by atoms with E-state index in [2.05, 4.69) is 37.9 Å². The molecule has 0 aromatic heterocycles. The fourth-order valence-corrected chi connectivity index (χ4v) is 1.93. The summed E-state index contributed by atoms with van der Waals surface area (Å²) in [7, 11) is 3.90. The summed E-state index contributed by atoms with van der Waals surface area (Å²) in [6.45, 7) is 7.32. The first kappa shape index (κ1) is 16.0. The van der Waals surface area contributed by atoms with E-state index < -0.39 is 0 Å². The first-order valence-corrected chi connectivity index (χ1v) is 6.99. The lowest BCUT2D eigenvalue weighted by molar-refractivity contribution is 0.255. The first-order valence-electron chi connectivity index (χ1n) is 6.99. The number of ether oxygens (including phenoxy) is 1. The van der Waals surface area contributed by atoms with Gasteiger partial charge < -0.3 is 15.4 Å². The van der Waals surface area contributed by atoms with Crippen molar-refractivity contribution >= 4 is 0 Å². The predicted octanol–water partition coefficient (Wildman–Crippen LogP) is 2.54. The third kappa shape index (κ3) is 5.62. The summed E-state index contributed by atoms with van der Waals surface area (Å²) in [4.78, 5) is 2.36. The largest absolute Gasteiger partial charge is 0.496 e. The quantitative estimate of drug-likeness (QED) is 0.784. The van der Waals surface area contributed by atoms with E-state index in [-0.39, 0.29) is 5.41 Å². The van der Waals surface area contributed by atoms with Crippen LogP contribution in [0, 0.1) is 5.41 Å². The molecule has 3 nitrogen and oxygen atoms in total. The van der Waals surface area contributed by atoms with Gasteiger partial charge in [0, 0.05) is 6.54 Å². The van der Waals surface area contributed by atoms with Gasteiger partial charge in [-0.15, -0.1) is 0 Å². The molecule has 0 heterocycles. The van der Waals surface area contributed by atoms with Gasteiger partial charge in [0.1, 0.15) is 5.75 Å². The van der Waals surface area contributed by atoms with Crippen molar-refractivity contribution in [2.75, 3.05) is 33.8 Å². The van der Waals surface area contributed by atoms with E-state index in [0.717, 1.165) is 38.2 Å². The minimum absolute atomic E-state index is 0.235. The minimum Gasteiger partial charge on any atom is -0.496 e. The predicted molar refractivity (Wildman–Crippen MR) is 81.6 cm³/mol. The maximum Gasteiger partial charge on any atom is 0.122 e. The molecule has 1 rings (SSSR count). The molecule has 0 amide bonds. The Balaban J connectivity index is 2.40. The summed E-state index contributed by atoms with van der Waals surface area (Å²) in [5.74, 6) is 0.984. The Morgan fingerprint density at radius 2 is 1.89 bits per heavy atom. The molecule has 0 atom stereocenters. The Morgan fingerprint density at radius 1 is 1.21 bits per heavy atom. The minimum atomic E-state index is 0.235. The lowest BCUT2D eigenvalue weighted by Crippen LogP contribution is -2.30. The van der Waals surface area contributed by atoms with Crippen molar-refractivity contribution in [3.8, 4) is 5.75 Å². The number of nitrogens with two attached hydrogens (primary N) is 1. The van der Waals surface area contributed by atoms with Crippen molar-refractivity contribution in [1.29, 1.82) is 0 Å².